The number of aromatic nitrogens is 1. The smallest absolute Gasteiger partial charge is 0.306 e. The van der Waals surface area contributed by atoms with E-state index in [1.807, 2.05) is 52.0 Å². The van der Waals surface area contributed by atoms with Crippen molar-refractivity contribution in [3.8, 4) is 22.8 Å². The van der Waals surface area contributed by atoms with Crippen LogP contribution in [0.5, 0.6) is 11.6 Å². The minimum atomic E-state index is -1.35. The predicted octanol–water partition coefficient (Wildman–Crippen LogP) is 7.29. The van der Waals surface area contributed by atoms with Crippen LogP contribution in [-0.2, 0) is 22.6 Å². The van der Waals surface area contributed by atoms with Crippen molar-refractivity contribution in [1.82, 2.24) is 9.71 Å². The van der Waals surface area contributed by atoms with Crippen LogP contribution in [0.15, 0.2) is 48.7 Å². The van der Waals surface area contributed by atoms with E-state index in [2.05, 4.69) is 21.8 Å². The molecule has 2 N–H and O–H groups in total. The lowest BCUT2D eigenvalue weighted by molar-refractivity contribution is -0.142. The van der Waals surface area contributed by atoms with Gasteiger partial charge in [-0.15, -0.1) is 4.72 Å². The van der Waals surface area contributed by atoms with Crippen molar-refractivity contribution in [2.24, 2.45) is 11.8 Å². The molecule has 5 atom stereocenters. The maximum atomic E-state index is 15.1. The van der Waals surface area contributed by atoms with Crippen molar-refractivity contribution >= 4 is 17.3 Å². The van der Waals surface area contributed by atoms with Crippen molar-refractivity contribution in [2.75, 3.05) is 7.11 Å². The molecule has 1 unspecified atom stereocenters. The molecule has 2 aliphatic rings. The first-order valence-corrected chi connectivity index (χ1v) is 16.1. The van der Waals surface area contributed by atoms with Gasteiger partial charge in [0.25, 0.3) is 0 Å². The third-order valence-corrected chi connectivity index (χ3v) is 10.2. The van der Waals surface area contributed by atoms with Gasteiger partial charge in [-0.05, 0) is 105 Å². The second kappa shape index (κ2) is 12.5. The van der Waals surface area contributed by atoms with Crippen molar-refractivity contribution in [3.05, 3.63) is 76.7 Å². The number of nitrogens with zero attached hydrogens (tertiary/aromatic N) is 1. The Morgan fingerprint density at radius 2 is 1.88 bits per heavy atom. The second-order valence-corrected chi connectivity index (χ2v) is 14.8. The Labute approximate surface area is 256 Å². The molecular formula is C34H41FN2O5S. The van der Waals surface area contributed by atoms with Crippen molar-refractivity contribution in [1.29, 1.82) is 0 Å². The van der Waals surface area contributed by atoms with Crippen LogP contribution in [0.25, 0.3) is 11.1 Å². The summed E-state index contributed by atoms with van der Waals surface area (Å²) in [7, 11) is 1.49. The number of aryl methyl sites for hydroxylation is 1. The average molecular weight is 609 g/mol. The SMILES string of the molecule is COc1cc(-c2ccc(C3CCc4ccc([C@H](C5CC5)[C@H](C)C(=O)O)cc4O3)cc2[C@H](C)N[S@@+]([O-])C(C)(C)C)c(F)cn1. The molecule has 0 radical (unpaired) electrons. The van der Waals surface area contributed by atoms with Crippen LogP contribution in [-0.4, -0.2) is 32.5 Å². The first-order valence-electron chi connectivity index (χ1n) is 14.9. The van der Waals surface area contributed by atoms with Gasteiger partial charge in [0.1, 0.15) is 22.4 Å². The van der Waals surface area contributed by atoms with Gasteiger partial charge in [0.05, 0.1) is 25.3 Å². The van der Waals surface area contributed by atoms with Gasteiger partial charge in [0, 0.05) is 23.0 Å². The van der Waals surface area contributed by atoms with Crippen LogP contribution in [0.2, 0.25) is 0 Å². The van der Waals surface area contributed by atoms with E-state index < -0.39 is 33.8 Å². The first-order chi connectivity index (χ1) is 20.4. The number of ether oxygens (including phenoxy) is 2. The number of carboxylic acid groups (broad SMARTS) is 1. The van der Waals surface area contributed by atoms with Gasteiger partial charge in [0.2, 0.25) is 5.88 Å². The van der Waals surface area contributed by atoms with E-state index in [4.69, 9.17) is 9.47 Å². The number of methoxy groups -OCH3 is 1. The molecule has 7 nitrogen and oxygen atoms in total. The van der Waals surface area contributed by atoms with Crippen molar-refractivity contribution in [2.45, 2.75) is 83.1 Å². The van der Waals surface area contributed by atoms with E-state index in [1.165, 1.54) is 7.11 Å². The van der Waals surface area contributed by atoms with E-state index >= 15 is 4.39 Å². The molecule has 1 fully saturated rings. The summed E-state index contributed by atoms with van der Waals surface area (Å²) >= 11 is -1.35. The molecule has 0 spiro atoms. The van der Waals surface area contributed by atoms with Gasteiger partial charge >= 0.3 is 5.97 Å². The fraction of sp³-hybridized carbons (Fsp3) is 0.471. The molecule has 1 saturated carbocycles. The number of fused-ring (bicyclic) bond motifs is 1. The molecule has 9 heteroatoms. The number of aliphatic carboxylic acids is 1. The molecule has 5 rings (SSSR count). The zero-order valence-corrected chi connectivity index (χ0v) is 26.5. The Bertz CT molecular complexity index is 1490. The molecule has 3 aromatic rings. The fourth-order valence-electron chi connectivity index (χ4n) is 5.93. The lowest BCUT2D eigenvalue weighted by Crippen LogP contribution is -2.40. The zero-order valence-electron chi connectivity index (χ0n) is 25.6. The molecule has 2 aromatic carbocycles. The van der Waals surface area contributed by atoms with Crippen LogP contribution < -0.4 is 14.2 Å². The standard InChI is InChI=1S/C34H41FN2O5S/c1-19(33(38)39)32(22-8-9-22)24-10-7-21-12-14-29(42-30(21)16-24)23-11-13-25(27-17-31(41-6)36-18-28(27)35)26(15-23)20(2)37-43(40)34(3,4)5/h7,10-11,13,15-20,22,29,32,37H,8-9,12,14H2,1-6H3,(H,38,39)/t19-,20-,29?,32-,43-/m0/s1. The molecule has 230 valence electrons. The highest BCUT2D eigenvalue weighted by atomic mass is 32.2. The summed E-state index contributed by atoms with van der Waals surface area (Å²) in [6, 6.07) is 13.2. The van der Waals surface area contributed by atoms with Crippen LogP contribution in [0.1, 0.15) is 94.2 Å². The first kappa shape index (κ1) is 31.3. The highest BCUT2D eigenvalue weighted by Crippen LogP contribution is 2.48. The van der Waals surface area contributed by atoms with Crippen LogP contribution in [0.3, 0.4) is 0 Å². The summed E-state index contributed by atoms with van der Waals surface area (Å²) in [5, 5.41) is 9.75. The average Bonchev–Trinajstić information content (AvgIpc) is 3.81. The Kier molecular flexibility index (Phi) is 9.07. The number of hydrogen-bond acceptors (Lipinski definition) is 6. The number of rotatable bonds is 10. The molecule has 0 saturated heterocycles. The highest BCUT2D eigenvalue weighted by Gasteiger charge is 2.39. The third kappa shape index (κ3) is 6.84. The van der Waals surface area contributed by atoms with Crippen LogP contribution in [0.4, 0.5) is 4.39 Å². The molecule has 43 heavy (non-hydrogen) atoms. The minimum Gasteiger partial charge on any atom is -0.598 e. The van der Waals surface area contributed by atoms with E-state index in [-0.39, 0.29) is 18.1 Å². The number of benzene rings is 2. The monoisotopic (exact) mass is 608 g/mol. The Morgan fingerprint density at radius 3 is 2.53 bits per heavy atom. The summed E-state index contributed by atoms with van der Waals surface area (Å²) in [5.74, 6) is -0.295. The summed E-state index contributed by atoms with van der Waals surface area (Å²) in [5.41, 5.74) is 4.84. The van der Waals surface area contributed by atoms with Gasteiger partial charge in [-0.25, -0.2) is 9.37 Å². The number of nitrogens with one attached hydrogen (secondary N) is 1. The highest BCUT2D eigenvalue weighted by molar-refractivity contribution is 7.90. The maximum absolute atomic E-state index is 15.1. The topological polar surface area (TPSA) is 104 Å². The van der Waals surface area contributed by atoms with E-state index in [9.17, 15) is 14.5 Å². The molecular weight excluding hydrogens is 567 g/mol. The van der Waals surface area contributed by atoms with Gasteiger partial charge in [-0.3, -0.25) is 4.79 Å². The predicted molar refractivity (Wildman–Crippen MR) is 166 cm³/mol. The van der Waals surface area contributed by atoms with Gasteiger partial charge in [-0.2, -0.15) is 0 Å². The summed E-state index contributed by atoms with van der Waals surface area (Å²) < 4.78 is 42.8. The van der Waals surface area contributed by atoms with E-state index in [0.717, 1.165) is 59.9 Å². The lowest BCUT2D eigenvalue weighted by Gasteiger charge is -2.30. The van der Waals surface area contributed by atoms with Crippen molar-refractivity contribution < 1.29 is 28.3 Å². The third-order valence-electron chi connectivity index (χ3n) is 8.56. The number of carboxylic acids is 1. The number of pyridine rings is 1. The van der Waals surface area contributed by atoms with E-state index in [0.29, 0.717) is 22.9 Å². The van der Waals surface area contributed by atoms with Gasteiger partial charge < -0.3 is 19.1 Å². The largest absolute Gasteiger partial charge is 0.598 e. The normalized spacial score (nSPS) is 19.5. The van der Waals surface area contributed by atoms with Crippen LogP contribution >= 0.6 is 0 Å². The number of carbonyl (C=O) groups is 1. The minimum absolute atomic E-state index is 0.0412. The molecule has 0 bridgehead atoms. The Morgan fingerprint density at radius 1 is 1.14 bits per heavy atom. The Balaban J connectivity index is 1.49. The number of hydrogen-bond donors (Lipinski definition) is 2. The maximum Gasteiger partial charge on any atom is 0.306 e. The van der Waals surface area contributed by atoms with E-state index in [1.54, 1.807) is 13.0 Å². The fourth-order valence-corrected chi connectivity index (χ4v) is 6.73. The molecule has 1 aromatic heterocycles. The molecule has 2 heterocycles. The summed E-state index contributed by atoms with van der Waals surface area (Å²) in [6.07, 6.45) is 4.58. The van der Waals surface area contributed by atoms with Gasteiger partial charge in [-0.1, -0.05) is 31.2 Å². The second-order valence-electron chi connectivity index (χ2n) is 12.8. The van der Waals surface area contributed by atoms with Gasteiger partial charge in [0.15, 0.2) is 0 Å². The van der Waals surface area contributed by atoms with Crippen molar-refractivity contribution in [3.63, 3.8) is 0 Å². The molecule has 1 aliphatic heterocycles. The molecule has 1 aliphatic carbocycles. The zero-order chi connectivity index (χ0) is 31.1. The summed E-state index contributed by atoms with van der Waals surface area (Å²) in [6.45, 7) is 9.43. The molecule has 0 amide bonds. The Hall–Kier alpha value is -3.14. The summed E-state index contributed by atoms with van der Waals surface area (Å²) in [4.78, 5) is 15.9. The lowest BCUT2D eigenvalue weighted by atomic mass is 9.82. The quantitative estimate of drug-likeness (QED) is 0.233. The number of halogens is 1. The van der Waals surface area contributed by atoms with Crippen LogP contribution in [0, 0.1) is 17.7 Å².